The topological polar surface area (TPSA) is 72.7 Å². The summed E-state index contributed by atoms with van der Waals surface area (Å²) in [6.07, 6.45) is 1.74. The minimum absolute atomic E-state index is 0.0637. The highest BCUT2D eigenvalue weighted by Gasteiger charge is 2.17. The van der Waals surface area contributed by atoms with Gasteiger partial charge >= 0.3 is 5.69 Å². The van der Waals surface area contributed by atoms with Crippen LogP contribution >= 0.6 is 23.4 Å². The lowest BCUT2D eigenvalue weighted by molar-refractivity contribution is 0.613. The zero-order valence-electron chi connectivity index (χ0n) is 15.1. The number of benzene rings is 1. The molecule has 3 aromatic rings. The molecule has 1 aromatic carbocycles. The average Bonchev–Trinajstić information content (AvgIpc) is 3.01. The van der Waals surface area contributed by atoms with Crippen molar-refractivity contribution in [1.29, 1.82) is 0 Å². The van der Waals surface area contributed by atoms with E-state index in [4.69, 9.17) is 11.6 Å². The van der Waals surface area contributed by atoms with Crippen LogP contribution in [0.2, 0.25) is 5.02 Å². The second-order valence-corrected chi connectivity index (χ2v) is 7.53. The molecule has 144 valence electrons. The first kappa shape index (κ1) is 19.7. The Morgan fingerprint density at radius 2 is 2.04 bits per heavy atom. The van der Waals surface area contributed by atoms with Crippen LogP contribution in [0.4, 0.5) is 4.39 Å². The van der Waals surface area contributed by atoms with Crippen molar-refractivity contribution in [1.82, 2.24) is 19.1 Å². The third-order valence-corrected chi connectivity index (χ3v) is 5.55. The number of aryl methyl sites for hydroxylation is 2. The van der Waals surface area contributed by atoms with E-state index < -0.39 is 17.1 Å². The Morgan fingerprint density at radius 3 is 2.70 bits per heavy atom. The fourth-order valence-electron chi connectivity index (χ4n) is 2.91. The number of nitrogens with zero attached hydrogens (tertiary/aromatic N) is 3. The van der Waals surface area contributed by atoms with Crippen LogP contribution in [-0.2, 0) is 18.8 Å². The normalized spacial score (nSPS) is 11.4. The molecule has 0 saturated heterocycles. The van der Waals surface area contributed by atoms with Gasteiger partial charge in [-0.2, -0.15) is 0 Å². The molecule has 0 atom stereocenters. The fourth-order valence-corrected chi connectivity index (χ4v) is 4.03. The predicted octanol–water partition coefficient (Wildman–Crippen LogP) is 3.79. The molecule has 0 spiro atoms. The van der Waals surface area contributed by atoms with E-state index in [9.17, 15) is 14.0 Å². The fraction of sp³-hybridized carbons (Fsp3) is 0.389. The molecule has 0 bridgehead atoms. The summed E-state index contributed by atoms with van der Waals surface area (Å²) in [5, 5.41) is 0.0637. The SMILES string of the molecule is CCCCn1c(=O)[nH]c(=O)c2c1nc(CSc1ccc(F)c(Cl)c1)n2CC. The monoisotopic (exact) mass is 410 g/mol. The summed E-state index contributed by atoms with van der Waals surface area (Å²) >= 11 is 7.27. The molecule has 0 aliphatic carbocycles. The molecule has 2 heterocycles. The van der Waals surface area contributed by atoms with Gasteiger partial charge in [-0.3, -0.25) is 14.3 Å². The number of hydrogen-bond donors (Lipinski definition) is 1. The summed E-state index contributed by atoms with van der Waals surface area (Å²) in [7, 11) is 0. The van der Waals surface area contributed by atoms with Crippen LogP contribution in [-0.4, -0.2) is 19.1 Å². The molecule has 27 heavy (non-hydrogen) atoms. The van der Waals surface area contributed by atoms with Gasteiger partial charge in [-0.05, 0) is 31.5 Å². The third-order valence-electron chi connectivity index (χ3n) is 4.28. The van der Waals surface area contributed by atoms with Gasteiger partial charge in [-0.1, -0.05) is 24.9 Å². The van der Waals surface area contributed by atoms with Gasteiger partial charge in [0.1, 0.15) is 11.6 Å². The Morgan fingerprint density at radius 1 is 1.26 bits per heavy atom. The summed E-state index contributed by atoms with van der Waals surface area (Å²) in [6, 6.07) is 4.53. The number of imidazole rings is 1. The van der Waals surface area contributed by atoms with Crippen molar-refractivity contribution in [2.75, 3.05) is 0 Å². The maximum atomic E-state index is 13.3. The standard InChI is InChI=1S/C18H20ClFN4O2S/c1-3-5-8-24-16-15(17(25)22-18(24)26)23(4-2)14(21-16)10-27-11-6-7-13(20)12(19)9-11/h6-7,9H,3-5,8,10H2,1-2H3,(H,22,25,26). The molecular formula is C18H20ClFN4O2S. The smallest absolute Gasteiger partial charge is 0.322 e. The highest BCUT2D eigenvalue weighted by molar-refractivity contribution is 7.98. The second kappa shape index (κ2) is 8.31. The zero-order chi connectivity index (χ0) is 19.6. The number of rotatable bonds is 7. The molecule has 0 saturated carbocycles. The quantitative estimate of drug-likeness (QED) is 0.601. The Labute approximate surface area is 164 Å². The average molecular weight is 411 g/mol. The van der Waals surface area contributed by atoms with E-state index in [1.165, 1.54) is 22.4 Å². The summed E-state index contributed by atoms with van der Waals surface area (Å²) in [5.41, 5.74) is -0.0582. The lowest BCUT2D eigenvalue weighted by Gasteiger charge is -2.06. The van der Waals surface area contributed by atoms with E-state index in [0.29, 0.717) is 35.8 Å². The Bertz CT molecular complexity index is 1090. The van der Waals surface area contributed by atoms with Crippen molar-refractivity contribution in [3.63, 3.8) is 0 Å². The van der Waals surface area contributed by atoms with Crippen molar-refractivity contribution >= 4 is 34.5 Å². The number of halogens is 2. The van der Waals surface area contributed by atoms with Gasteiger partial charge in [0.05, 0.1) is 10.8 Å². The van der Waals surface area contributed by atoms with Gasteiger partial charge in [-0.15, -0.1) is 11.8 Å². The van der Waals surface area contributed by atoms with Crippen LogP contribution < -0.4 is 11.2 Å². The van der Waals surface area contributed by atoms with Crippen LogP contribution in [0, 0.1) is 5.82 Å². The maximum Gasteiger partial charge on any atom is 0.330 e. The van der Waals surface area contributed by atoms with Crippen molar-refractivity contribution < 1.29 is 4.39 Å². The number of H-pyrrole nitrogens is 1. The van der Waals surface area contributed by atoms with Gasteiger partial charge in [0.15, 0.2) is 11.2 Å². The van der Waals surface area contributed by atoms with Crippen LogP contribution in [0.15, 0.2) is 32.7 Å². The van der Waals surface area contributed by atoms with Crippen molar-refractivity contribution in [2.45, 2.75) is 50.4 Å². The molecule has 1 N–H and O–H groups in total. The number of aromatic nitrogens is 4. The molecule has 9 heteroatoms. The Kier molecular flexibility index (Phi) is 6.06. The van der Waals surface area contributed by atoms with Crippen LogP contribution in [0.5, 0.6) is 0 Å². The van der Waals surface area contributed by atoms with E-state index in [1.807, 2.05) is 18.4 Å². The summed E-state index contributed by atoms with van der Waals surface area (Å²) in [6.45, 7) is 5.01. The number of hydrogen-bond acceptors (Lipinski definition) is 4. The number of aromatic amines is 1. The van der Waals surface area contributed by atoms with Crippen LogP contribution in [0.3, 0.4) is 0 Å². The number of nitrogens with one attached hydrogen (secondary N) is 1. The number of unbranched alkanes of at least 4 members (excludes halogenated alkanes) is 1. The summed E-state index contributed by atoms with van der Waals surface area (Å²) in [5.74, 6) is 0.680. The van der Waals surface area contributed by atoms with Gasteiger partial charge in [0, 0.05) is 18.0 Å². The van der Waals surface area contributed by atoms with Gasteiger partial charge < -0.3 is 4.57 Å². The van der Waals surface area contributed by atoms with Crippen LogP contribution in [0.25, 0.3) is 11.2 Å². The third kappa shape index (κ3) is 3.96. The minimum atomic E-state index is -0.465. The first-order chi connectivity index (χ1) is 13.0. The highest BCUT2D eigenvalue weighted by atomic mass is 35.5. The van der Waals surface area contributed by atoms with E-state index in [0.717, 1.165) is 17.7 Å². The van der Waals surface area contributed by atoms with Crippen LogP contribution in [0.1, 0.15) is 32.5 Å². The molecule has 0 aliphatic heterocycles. The summed E-state index contributed by atoms with van der Waals surface area (Å²) < 4.78 is 16.7. The zero-order valence-corrected chi connectivity index (χ0v) is 16.7. The molecule has 2 aromatic heterocycles. The van der Waals surface area contributed by atoms with E-state index in [2.05, 4.69) is 9.97 Å². The van der Waals surface area contributed by atoms with E-state index in [1.54, 1.807) is 12.1 Å². The van der Waals surface area contributed by atoms with E-state index >= 15 is 0 Å². The highest BCUT2D eigenvalue weighted by Crippen LogP contribution is 2.27. The van der Waals surface area contributed by atoms with Gasteiger partial charge in [0.25, 0.3) is 5.56 Å². The lowest BCUT2D eigenvalue weighted by Crippen LogP contribution is -2.31. The molecule has 3 rings (SSSR count). The minimum Gasteiger partial charge on any atom is -0.322 e. The number of thioether (sulfide) groups is 1. The van der Waals surface area contributed by atoms with Gasteiger partial charge in [-0.25, -0.2) is 14.2 Å². The van der Waals surface area contributed by atoms with Crippen molar-refractivity contribution in [2.24, 2.45) is 0 Å². The van der Waals surface area contributed by atoms with Crippen molar-refractivity contribution in [3.05, 3.63) is 55.7 Å². The first-order valence-corrected chi connectivity index (χ1v) is 10.1. The largest absolute Gasteiger partial charge is 0.330 e. The summed E-state index contributed by atoms with van der Waals surface area (Å²) in [4.78, 5) is 32.4. The molecule has 0 aliphatic rings. The Hall–Kier alpha value is -2.06. The molecule has 0 fully saturated rings. The van der Waals surface area contributed by atoms with Crippen molar-refractivity contribution in [3.8, 4) is 0 Å². The van der Waals surface area contributed by atoms with Gasteiger partial charge in [0.2, 0.25) is 0 Å². The second-order valence-electron chi connectivity index (χ2n) is 6.07. The Balaban J connectivity index is 2.02. The lowest BCUT2D eigenvalue weighted by atomic mass is 10.3. The first-order valence-electron chi connectivity index (χ1n) is 8.76. The molecular weight excluding hydrogens is 391 g/mol. The molecule has 0 amide bonds. The maximum absolute atomic E-state index is 13.3. The number of fused-ring (bicyclic) bond motifs is 1. The molecule has 0 unspecified atom stereocenters. The molecule has 6 nitrogen and oxygen atoms in total. The van der Waals surface area contributed by atoms with E-state index in [-0.39, 0.29) is 5.02 Å². The predicted molar refractivity (Wildman–Crippen MR) is 106 cm³/mol. The molecule has 0 radical (unpaired) electrons.